The highest BCUT2D eigenvalue weighted by Crippen LogP contribution is 2.32. The number of rotatable bonds is 6. The average Bonchev–Trinajstić information content (AvgIpc) is 2.35. The normalized spacial score (nSPS) is 21.8. The topological polar surface area (TPSA) is 23.5 Å². The van der Waals surface area contributed by atoms with Crippen molar-refractivity contribution in [1.29, 1.82) is 0 Å². The Morgan fingerprint density at radius 3 is 2.00 bits per heavy atom. The Labute approximate surface area is 121 Å². The summed E-state index contributed by atoms with van der Waals surface area (Å²) in [6.45, 7) is 9.60. The highest BCUT2D eigenvalue weighted by molar-refractivity contribution is 9.09. The standard InChI is InChI=1S/C15H30BrNO/c1-11(2)17(12(3)4)10-14(18)15(16)13-8-6-5-7-9-13/h11-15,18H,5-10H2,1-4H3/t14-,15+/m1/s1. The summed E-state index contributed by atoms with van der Waals surface area (Å²) in [7, 11) is 0. The van der Waals surface area contributed by atoms with Gasteiger partial charge in [0.15, 0.2) is 0 Å². The molecular weight excluding hydrogens is 290 g/mol. The van der Waals surface area contributed by atoms with Crippen LogP contribution in [0, 0.1) is 5.92 Å². The minimum absolute atomic E-state index is 0.252. The monoisotopic (exact) mass is 319 g/mol. The van der Waals surface area contributed by atoms with Crippen LogP contribution in [0.5, 0.6) is 0 Å². The largest absolute Gasteiger partial charge is 0.391 e. The van der Waals surface area contributed by atoms with Gasteiger partial charge in [0.2, 0.25) is 0 Å². The molecule has 2 atom stereocenters. The molecular formula is C15H30BrNO. The molecule has 1 fully saturated rings. The minimum atomic E-state index is -0.252. The smallest absolute Gasteiger partial charge is 0.0794 e. The van der Waals surface area contributed by atoms with Gasteiger partial charge in [-0.3, -0.25) is 4.90 Å². The third kappa shape index (κ3) is 4.82. The molecule has 0 radical (unpaired) electrons. The van der Waals surface area contributed by atoms with Gasteiger partial charge in [0.05, 0.1) is 6.10 Å². The van der Waals surface area contributed by atoms with E-state index in [-0.39, 0.29) is 10.9 Å². The Morgan fingerprint density at radius 1 is 1.06 bits per heavy atom. The average molecular weight is 320 g/mol. The molecule has 0 bridgehead atoms. The van der Waals surface area contributed by atoms with Crippen LogP contribution < -0.4 is 0 Å². The Hall–Kier alpha value is 0.400. The van der Waals surface area contributed by atoms with Gasteiger partial charge >= 0.3 is 0 Å². The van der Waals surface area contributed by atoms with Crippen molar-refractivity contribution in [2.24, 2.45) is 5.92 Å². The van der Waals surface area contributed by atoms with E-state index >= 15 is 0 Å². The molecule has 18 heavy (non-hydrogen) atoms. The molecule has 1 saturated carbocycles. The number of aliphatic hydroxyl groups is 1. The molecule has 108 valence electrons. The molecule has 1 aliphatic rings. The highest BCUT2D eigenvalue weighted by Gasteiger charge is 2.29. The first kappa shape index (κ1) is 16.5. The van der Waals surface area contributed by atoms with E-state index in [0.29, 0.717) is 18.0 Å². The number of hydrogen-bond donors (Lipinski definition) is 1. The van der Waals surface area contributed by atoms with Crippen LogP contribution in [0.15, 0.2) is 0 Å². The lowest BCUT2D eigenvalue weighted by atomic mass is 9.85. The van der Waals surface area contributed by atoms with Crippen LogP contribution >= 0.6 is 15.9 Å². The van der Waals surface area contributed by atoms with Crippen LogP contribution in [0.3, 0.4) is 0 Å². The van der Waals surface area contributed by atoms with Crippen molar-refractivity contribution in [1.82, 2.24) is 4.90 Å². The summed E-state index contributed by atoms with van der Waals surface area (Å²) in [5.74, 6) is 0.662. The highest BCUT2D eigenvalue weighted by atomic mass is 79.9. The first-order chi connectivity index (χ1) is 8.43. The van der Waals surface area contributed by atoms with Crippen molar-refractivity contribution in [3.63, 3.8) is 0 Å². The molecule has 1 aliphatic carbocycles. The van der Waals surface area contributed by atoms with E-state index in [1.165, 1.54) is 32.1 Å². The van der Waals surface area contributed by atoms with Crippen LogP contribution in [0.25, 0.3) is 0 Å². The fourth-order valence-corrected chi connectivity index (χ4v) is 3.80. The molecule has 0 aliphatic heterocycles. The van der Waals surface area contributed by atoms with E-state index < -0.39 is 0 Å². The molecule has 3 heteroatoms. The maximum atomic E-state index is 10.4. The van der Waals surface area contributed by atoms with Gasteiger partial charge in [-0.25, -0.2) is 0 Å². The third-order valence-electron chi connectivity index (χ3n) is 4.19. The molecule has 0 aromatic heterocycles. The van der Waals surface area contributed by atoms with Crippen molar-refractivity contribution < 1.29 is 5.11 Å². The quantitative estimate of drug-likeness (QED) is 0.752. The summed E-state index contributed by atoms with van der Waals surface area (Å²) in [5, 5.41) is 10.4. The number of hydrogen-bond acceptors (Lipinski definition) is 2. The van der Waals surface area contributed by atoms with Crippen LogP contribution in [0.1, 0.15) is 59.8 Å². The van der Waals surface area contributed by atoms with Gasteiger partial charge in [-0.1, -0.05) is 35.2 Å². The zero-order valence-electron chi connectivity index (χ0n) is 12.4. The van der Waals surface area contributed by atoms with Gasteiger partial charge in [-0.2, -0.15) is 0 Å². The van der Waals surface area contributed by atoms with E-state index in [4.69, 9.17) is 0 Å². The Bertz CT molecular complexity index is 219. The molecule has 0 unspecified atom stereocenters. The van der Waals surface area contributed by atoms with Crippen LogP contribution in [-0.2, 0) is 0 Å². The van der Waals surface area contributed by atoms with Crippen molar-refractivity contribution in [2.45, 2.75) is 82.8 Å². The molecule has 0 amide bonds. The van der Waals surface area contributed by atoms with Crippen LogP contribution in [-0.4, -0.2) is 39.6 Å². The molecule has 1 N–H and O–H groups in total. The number of alkyl halides is 1. The zero-order valence-corrected chi connectivity index (χ0v) is 14.0. The maximum absolute atomic E-state index is 10.4. The molecule has 0 aromatic carbocycles. The van der Waals surface area contributed by atoms with Crippen molar-refractivity contribution in [3.8, 4) is 0 Å². The van der Waals surface area contributed by atoms with Gasteiger partial charge < -0.3 is 5.11 Å². The molecule has 0 saturated heterocycles. The minimum Gasteiger partial charge on any atom is -0.391 e. The van der Waals surface area contributed by atoms with E-state index in [9.17, 15) is 5.11 Å². The van der Waals surface area contributed by atoms with Gasteiger partial charge in [0.25, 0.3) is 0 Å². The summed E-state index contributed by atoms with van der Waals surface area (Å²) < 4.78 is 0. The Balaban J connectivity index is 2.48. The molecule has 0 spiro atoms. The first-order valence-corrected chi connectivity index (χ1v) is 8.43. The summed E-state index contributed by atoms with van der Waals surface area (Å²) in [5.41, 5.74) is 0. The third-order valence-corrected chi connectivity index (χ3v) is 5.55. The Kier molecular flexibility index (Phi) is 7.19. The van der Waals surface area contributed by atoms with Gasteiger partial charge in [0.1, 0.15) is 0 Å². The number of halogens is 1. The van der Waals surface area contributed by atoms with E-state index in [1.54, 1.807) is 0 Å². The first-order valence-electron chi connectivity index (χ1n) is 7.51. The van der Waals surface area contributed by atoms with Gasteiger partial charge in [-0.15, -0.1) is 0 Å². The molecule has 0 aromatic rings. The van der Waals surface area contributed by atoms with Crippen molar-refractivity contribution in [2.75, 3.05) is 6.54 Å². The summed E-state index contributed by atoms with van der Waals surface area (Å²) in [4.78, 5) is 2.64. The summed E-state index contributed by atoms with van der Waals surface area (Å²) >= 11 is 3.75. The molecule has 2 nitrogen and oxygen atoms in total. The van der Waals surface area contributed by atoms with Crippen LogP contribution in [0.2, 0.25) is 0 Å². The maximum Gasteiger partial charge on any atom is 0.0794 e. The lowest BCUT2D eigenvalue weighted by Gasteiger charge is -2.36. The van der Waals surface area contributed by atoms with Gasteiger partial charge in [0, 0.05) is 23.5 Å². The van der Waals surface area contributed by atoms with Crippen molar-refractivity contribution in [3.05, 3.63) is 0 Å². The second-order valence-corrected chi connectivity index (χ2v) is 7.35. The van der Waals surface area contributed by atoms with Crippen LogP contribution in [0.4, 0.5) is 0 Å². The second kappa shape index (κ2) is 7.86. The number of aliphatic hydroxyl groups excluding tert-OH is 1. The predicted molar refractivity (Wildman–Crippen MR) is 82.3 cm³/mol. The fourth-order valence-electron chi connectivity index (χ4n) is 3.10. The van der Waals surface area contributed by atoms with E-state index in [0.717, 1.165) is 6.54 Å². The lowest BCUT2D eigenvalue weighted by Crippen LogP contribution is -2.46. The zero-order chi connectivity index (χ0) is 13.7. The summed E-state index contributed by atoms with van der Waals surface area (Å²) in [6.07, 6.45) is 6.33. The van der Waals surface area contributed by atoms with E-state index in [2.05, 4.69) is 48.5 Å². The second-order valence-electron chi connectivity index (χ2n) is 6.29. The number of nitrogens with zero attached hydrogens (tertiary/aromatic N) is 1. The van der Waals surface area contributed by atoms with Gasteiger partial charge in [-0.05, 0) is 46.5 Å². The van der Waals surface area contributed by atoms with E-state index in [1.807, 2.05) is 0 Å². The van der Waals surface area contributed by atoms with Crippen molar-refractivity contribution >= 4 is 15.9 Å². The summed E-state index contributed by atoms with van der Waals surface area (Å²) in [6, 6.07) is 0.983. The Morgan fingerprint density at radius 2 is 1.56 bits per heavy atom. The molecule has 0 heterocycles. The predicted octanol–water partition coefficient (Wildman–Crippen LogP) is 3.81. The SMILES string of the molecule is CC(C)N(C[C@@H](O)[C@@H](Br)C1CCCCC1)C(C)C. The lowest BCUT2D eigenvalue weighted by molar-refractivity contribution is 0.0621. The molecule has 1 rings (SSSR count). The fraction of sp³-hybridized carbons (Fsp3) is 1.00.